The van der Waals surface area contributed by atoms with E-state index in [4.69, 9.17) is 0 Å². The summed E-state index contributed by atoms with van der Waals surface area (Å²) in [6, 6.07) is 9.69. The molecule has 2 aliphatic rings. The van der Waals surface area contributed by atoms with Gasteiger partial charge in [-0.3, -0.25) is 14.5 Å². The van der Waals surface area contributed by atoms with Crippen molar-refractivity contribution in [2.75, 3.05) is 6.54 Å². The molecule has 0 aromatic heterocycles. The fourth-order valence-electron chi connectivity index (χ4n) is 3.23. The summed E-state index contributed by atoms with van der Waals surface area (Å²) in [4.78, 5) is 37.5. The van der Waals surface area contributed by atoms with E-state index in [0.717, 1.165) is 18.4 Å². The standard InChI is InChI=1S/C19H25N3O3/c1-19(2)17(24)22(18(25)21-19)12-6-9-15(23)20-16(14-10-11-14)13-7-4-3-5-8-13/h3-5,7-8,14,16H,6,9-12H2,1-2H3,(H,20,23)(H,21,25)/t16-/m0/s1. The first-order valence-corrected chi connectivity index (χ1v) is 8.87. The number of urea groups is 1. The summed E-state index contributed by atoms with van der Waals surface area (Å²) < 4.78 is 0. The largest absolute Gasteiger partial charge is 0.349 e. The van der Waals surface area contributed by atoms with Gasteiger partial charge in [0.15, 0.2) is 0 Å². The molecule has 2 N–H and O–H groups in total. The lowest BCUT2D eigenvalue weighted by atomic mass is 10.0. The Labute approximate surface area is 148 Å². The number of imide groups is 1. The number of hydrogen-bond acceptors (Lipinski definition) is 3. The van der Waals surface area contributed by atoms with Crippen LogP contribution in [0.1, 0.15) is 51.1 Å². The number of nitrogens with zero attached hydrogens (tertiary/aromatic N) is 1. The number of nitrogens with one attached hydrogen (secondary N) is 2. The summed E-state index contributed by atoms with van der Waals surface area (Å²) in [6.07, 6.45) is 3.04. The highest BCUT2D eigenvalue weighted by Gasteiger charge is 2.43. The fraction of sp³-hybridized carbons (Fsp3) is 0.526. The second-order valence-corrected chi connectivity index (χ2v) is 7.41. The van der Waals surface area contributed by atoms with Crippen molar-refractivity contribution < 1.29 is 14.4 Å². The van der Waals surface area contributed by atoms with Crippen molar-refractivity contribution >= 4 is 17.8 Å². The number of amides is 4. The van der Waals surface area contributed by atoms with Gasteiger partial charge in [-0.1, -0.05) is 30.3 Å². The van der Waals surface area contributed by atoms with Crippen molar-refractivity contribution in [2.24, 2.45) is 5.92 Å². The van der Waals surface area contributed by atoms with E-state index in [9.17, 15) is 14.4 Å². The quantitative estimate of drug-likeness (QED) is 0.746. The van der Waals surface area contributed by atoms with Crippen LogP contribution in [-0.2, 0) is 9.59 Å². The number of hydrogen-bond donors (Lipinski definition) is 2. The Hall–Kier alpha value is -2.37. The molecular formula is C19H25N3O3. The molecule has 6 nitrogen and oxygen atoms in total. The van der Waals surface area contributed by atoms with Crippen molar-refractivity contribution in [3.8, 4) is 0 Å². The van der Waals surface area contributed by atoms with Gasteiger partial charge >= 0.3 is 6.03 Å². The Morgan fingerprint density at radius 3 is 2.52 bits per heavy atom. The number of benzene rings is 1. The molecular weight excluding hydrogens is 318 g/mol. The van der Waals surface area contributed by atoms with E-state index in [0.29, 0.717) is 18.8 Å². The smallest absolute Gasteiger partial charge is 0.325 e. The first-order valence-electron chi connectivity index (χ1n) is 8.87. The van der Waals surface area contributed by atoms with Crippen molar-refractivity contribution in [2.45, 2.75) is 51.1 Å². The molecule has 134 valence electrons. The minimum Gasteiger partial charge on any atom is -0.349 e. The number of carbonyl (C=O) groups is 3. The summed E-state index contributed by atoms with van der Waals surface area (Å²) in [5.41, 5.74) is 0.276. The zero-order valence-corrected chi connectivity index (χ0v) is 14.7. The summed E-state index contributed by atoms with van der Waals surface area (Å²) >= 11 is 0. The van der Waals surface area contributed by atoms with E-state index in [1.54, 1.807) is 13.8 Å². The second kappa shape index (κ2) is 6.86. The van der Waals surface area contributed by atoms with Crippen molar-refractivity contribution in [3.63, 3.8) is 0 Å². The van der Waals surface area contributed by atoms with Crippen LogP contribution >= 0.6 is 0 Å². The summed E-state index contributed by atoms with van der Waals surface area (Å²) in [5, 5.41) is 5.76. The molecule has 3 rings (SSSR count). The molecule has 1 atom stereocenters. The molecule has 0 spiro atoms. The third-order valence-corrected chi connectivity index (χ3v) is 4.80. The second-order valence-electron chi connectivity index (χ2n) is 7.41. The topological polar surface area (TPSA) is 78.5 Å². The van der Waals surface area contributed by atoms with Gasteiger partial charge in [0.1, 0.15) is 5.54 Å². The van der Waals surface area contributed by atoms with Crippen molar-refractivity contribution in [1.29, 1.82) is 0 Å². The van der Waals surface area contributed by atoms with Gasteiger partial charge in [0.05, 0.1) is 6.04 Å². The SMILES string of the molecule is CC1(C)NC(=O)N(CCCC(=O)N[C@@H](c2ccccc2)C2CC2)C1=O. The van der Waals surface area contributed by atoms with E-state index in [1.807, 2.05) is 30.3 Å². The van der Waals surface area contributed by atoms with E-state index >= 15 is 0 Å². The lowest BCUT2D eigenvalue weighted by Crippen LogP contribution is -2.40. The molecule has 25 heavy (non-hydrogen) atoms. The molecule has 1 saturated carbocycles. The van der Waals surface area contributed by atoms with Crippen molar-refractivity contribution in [1.82, 2.24) is 15.5 Å². The van der Waals surface area contributed by atoms with E-state index in [1.165, 1.54) is 4.90 Å². The third kappa shape index (κ3) is 4.00. The Kier molecular flexibility index (Phi) is 4.79. The molecule has 2 fully saturated rings. The molecule has 1 aromatic rings. The monoisotopic (exact) mass is 343 g/mol. The normalized spacial score (nSPS) is 20.3. The maximum atomic E-state index is 12.3. The molecule has 1 aromatic carbocycles. The number of rotatable bonds is 7. The third-order valence-electron chi connectivity index (χ3n) is 4.80. The van der Waals surface area contributed by atoms with Crippen LogP contribution in [0.3, 0.4) is 0 Å². The molecule has 1 aliphatic carbocycles. The van der Waals surface area contributed by atoms with Crippen LogP contribution in [0.4, 0.5) is 4.79 Å². The van der Waals surface area contributed by atoms with Crippen LogP contribution in [-0.4, -0.2) is 34.8 Å². The van der Waals surface area contributed by atoms with Gasteiger partial charge in [0.2, 0.25) is 5.91 Å². The van der Waals surface area contributed by atoms with Gasteiger partial charge in [-0.25, -0.2) is 4.79 Å². The summed E-state index contributed by atoms with van der Waals surface area (Å²) in [5.74, 6) is 0.239. The van der Waals surface area contributed by atoms with Gasteiger partial charge in [-0.15, -0.1) is 0 Å². The van der Waals surface area contributed by atoms with Crippen LogP contribution in [0, 0.1) is 5.92 Å². The summed E-state index contributed by atoms with van der Waals surface area (Å²) in [7, 11) is 0. The Morgan fingerprint density at radius 1 is 1.28 bits per heavy atom. The molecule has 1 heterocycles. The van der Waals surface area contributed by atoms with Gasteiger partial charge in [0, 0.05) is 13.0 Å². The predicted octanol–water partition coefficient (Wildman–Crippen LogP) is 2.36. The highest BCUT2D eigenvalue weighted by atomic mass is 16.2. The molecule has 1 saturated heterocycles. The van der Waals surface area contributed by atoms with Crippen LogP contribution < -0.4 is 10.6 Å². The predicted molar refractivity (Wildman–Crippen MR) is 93.6 cm³/mol. The van der Waals surface area contributed by atoms with Gasteiger partial charge in [0.25, 0.3) is 5.91 Å². The van der Waals surface area contributed by atoms with Gasteiger partial charge in [-0.2, -0.15) is 0 Å². The minimum absolute atomic E-state index is 0.0351. The molecule has 0 bridgehead atoms. The first kappa shape index (κ1) is 17.5. The average Bonchev–Trinajstić information content (AvgIpc) is 3.38. The molecule has 0 radical (unpaired) electrons. The highest BCUT2D eigenvalue weighted by molar-refractivity contribution is 6.06. The molecule has 6 heteroatoms. The highest BCUT2D eigenvalue weighted by Crippen LogP contribution is 2.40. The fourth-order valence-corrected chi connectivity index (χ4v) is 3.23. The zero-order valence-electron chi connectivity index (χ0n) is 14.7. The van der Waals surface area contributed by atoms with E-state index < -0.39 is 5.54 Å². The average molecular weight is 343 g/mol. The lowest BCUT2D eigenvalue weighted by molar-refractivity contribution is -0.130. The Balaban J connectivity index is 1.50. The lowest BCUT2D eigenvalue weighted by Gasteiger charge is -2.19. The van der Waals surface area contributed by atoms with Crippen LogP contribution in [0.5, 0.6) is 0 Å². The van der Waals surface area contributed by atoms with Gasteiger partial charge in [-0.05, 0) is 44.6 Å². The molecule has 4 amide bonds. The van der Waals surface area contributed by atoms with Crippen LogP contribution in [0.25, 0.3) is 0 Å². The first-order chi connectivity index (χ1) is 11.9. The van der Waals surface area contributed by atoms with E-state index in [-0.39, 0.29) is 30.4 Å². The maximum absolute atomic E-state index is 12.3. The van der Waals surface area contributed by atoms with Gasteiger partial charge < -0.3 is 10.6 Å². The Morgan fingerprint density at radius 2 is 1.96 bits per heavy atom. The summed E-state index contributed by atoms with van der Waals surface area (Å²) in [6.45, 7) is 3.63. The minimum atomic E-state index is -0.857. The number of carbonyl (C=O) groups excluding carboxylic acids is 3. The van der Waals surface area contributed by atoms with Crippen LogP contribution in [0.2, 0.25) is 0 Å². The molecule has 1 aliphatic heterocycles. The van der Waals surface area contributed by atoms with E-state index in [2.05, 4.69) is 10.6 Å². The van der Waals surface area contributed by atoms with Crippen molar-refractivity contribution in [3.05, 3.63) is 35.9 Å². The Bertz CT molecular complexity index is 668. The molecule has 0 unspecified atom stereocenters. The van der Waals surface area contributed by atoms with Crippen LogP contribution in [0.15, 0.2) is 30.3 Å². The zero-order chi connectivity index (χ0) is 18.0. The maximum Gasteiger partial charge on any atom is 0.325 e.